The molecule has 1 aromatic heterocycles. The first-order valence-electron chi connectivity index (χ1n) is 7.82. The van der Waals surface area contributed by atoms with Crippen LogP contribution in [0.25, 0.3) is 5.69 Å². The van der Waals surface area contributed by atoms with Gasteiger partial charge in [-0.2, -0.15) is 4.68 Å². The summed E-state index contributed by atoms with van der Waals surface area (Å²) in [5, 5.41) is 16.0. The molecular weight excluding hydrogens is 286 g/mol. The van der Waals surface area contributed by atoms with E-state index >= 15 is 0 Å². The highest BCUT2D eigenvalue weighted by molar-refractivity contribution is 5.52. The van der Waals surface area contributed by atoms with E-state index in [4.69, 9.17) is 0 Å². The predicted molar refractivity (Wildman–Crippen MR) is 91.6 cm³/mol. The zero-order valence-electron chi connectivity index (χ0n) is 13.7. The number of aryl methyl sites for hydroxylation is 1. The largest absolute Gasteiger partial charge is 0.373 e. The van der Waals surface area contributed by atoms with Crippen LogP contribution in [-0.4, -0.2) is 20.2 Å². The van der Waals surface area contributed by atoms with Gasteiger partial charge in [-0.25, -0.2) is 0 Å². The third-order valence-corrected chi connectivity index (χ3v) is 4.23. The molecule has 0 amide bonds. The monoisotopic (exact) mass is 307 g/mol. The minimum absolute atomic E-state index is 0.370. The summed E-state index contributed by atoms with van der Waals surface area (Å²) in [6.07, 6.45) is 0.856. The molecule has 1 atom stereocenters. The molecule has 0 aliphatic heterocycles. The Labute approximate surface area is 136 Å². The molecule has 118 valence electrons. The van der Waals surface area contributed by atoms with Crippen LogP contribution in [0.2, 0.25) is 0 Å². The summed E-state index contributed by atoms with van der Waals surface area (Å²) in [6, 6.07) is 18.2. The molecule has 0 bridgehead atoms. The molecule has 5 heteroatoms. The first-order chi connectivity index (χ1) is 11.1. The molecule has 0 saturated carbocycles. The Bertz CT molecular complexity index is 781. The first kappa shape index (κ1) is 15.2. The molecule has 5 nitrogen and oxygen atoms in total. The summed E-state index contributed by atoms with van der Waals surface area (Å²) in [6.45, 7) is 6.36. The van der Waals surface area contributed by atoms with E-state index in [-0.39, 0.29) is 5.54 Å². The zero-order valence-corrected chi connectivity index (χ0v) is 13.7. The lowest BCUT2D eigenvalue weighted by molar-refractivity contribution is 0.474. The minimum Gasteiger partial charge on any atom is -0.373 e. The predicted octanol–water partition coefficient (Wildman–Crippen LogP) is 3.71. The van der Waals surface area contributed by atoms with Gasteiger partial charge in [0.15, 0.2) is 5.82 Å². The van der Waals surface area contributed by atoms with Crippen LogP contribution in [0.5, 0.6) is 0 Å². The van der Waals surface area contributed by atoms with Crippen LogP contribution in [-0.2, 0) is 5.54 Å². The summed E-state index contributed by atoms with van der Waals surface area (Å²) < 4.78 is 1.80. The SMILES string of the molecule is CC[C@](C)(Nc1ccccc1C)c1nnnn1-c1ccccc1. The Hall–Kier alpha value is -2.69. The molecule has 0 radical (unpaired) electrons. The Kier molecular flexibility index (Phi) is 4.10. The average Bonchev–Trinajstić information content (AvgIpc) is 3.08. The van der Waals surface area contributed by atoms with Gasteiger partial charge in [-0.1, -0.05) is 43.3 Å². The number of para-hydroxylation sites is 2. The van der Waals surface area contributed by atoms with Gasteiger partial charge in [0.2, 0.25) is 0 Å². The van der Waals surface area contributed by atoms with Gasteiger partial charge < -0.3 is 5.32 Å². The fourth-order valence-corrected chi connectivity index (χ4v) is 2.59. The van der Waals surface area contributed by atoms with Crippen molar-refractivity contribution in [1.29, 1.82) is 0 Å². The summed E-state index contributed by atoms with van der Waals surface area (Å²) in [5.41, 5.74) is 2.88. The van der Waals surface area contributed by atoms with Crippen molar-refractivity contribution in [3.05, 3.63) is 66.0 Å². The second-order valence-electron chi connectivity index (χ2n) is 5.88. The van der Waals surface area contributed by atoms with E-state index < -0.39 is 0 Å². The minimum atomic E-state index is -0.370. The van der Waals surface area contributed by atoms with Crippen molar-refractivity contribution in [2.75, 3.05) is 5.32 Å². The quantitative estimate of drug-likeness (QED) is 0.780. The van der Waals surface area contributed by atoms with Crippen molar-refractivity contribution < 1.29 is 0 Å². The van der Waals surface area contributed by atoms with Crippen molar-refractivity contribution in [2.45, 2.75) is 32.7 Å². The number of nitrogens with one attached hydrogen (secondary N) is 1. The smallest absolute Gasteiger partial charge is 0.181 e. The van der Waals surface area contributed by atoms with Crippen LogP contribution >= 0.6 is 0 Å². The molecule has 3 aromatic rings. The Morgan fingerprint density at radius 3 is 2.43 bits per heavy atom. The van der Waals surface area contributed by atoms with Crippen molar-refractivity contribution in [2.24, 2.45) is 0 Å². The Balaban J connectivity index is 2.02. The molecule has 23 heavy (non-hydrogen) atoms. The van der Waals surface area contributed by atoms with Gasteiger partial charge >= 0.3 is 0 Å². The molecule has 0 saturated heterocycles. The fourth-order valence-electron chi connectivity index (χ4n) is 2.59. The molecule has 1 heterocycles. The van der Waals surface area contributed by atoms with E-state index in [9.17, 15) is 0 Å². The van der Waals surface area contributed by atoms with Gasteiger partial charge in [0.05, 0.1) is 11.2 Å². The van der Waals surface area contributed by atoms with Crippen LogP contribution in [0.3, 0.4) is 0 Å². The third-order valence-electron chi connectivity index (χ3n) is 4.23. The van der Waals surface area contributed by atoms with Gasteiger partial charge in [0.1, 0.15) is 0 Å². The van der Waals surface area contributed by atoms with Crippen LogP contribution in [0, 0.1) is 6.92 Å². The van der Waals surface area contributed by atoms with E-state index in [1.54, 1.807) is 4.68 Å². The first-order valence-corrected chi connectivity index (χ1v) is 7.82. The molecule has 0 fully saturated rings. The van der Waals surface area contributed by atoms with Crippen molar-refractivity contribution in [3.63, 3.8) is 0 Å². The van der Waals surface area contributed by atoms with Crippen molar-refractivity contribution in [1.82, 2.24) is 20.2 Å². The van der Waals surface area contributed by atoms with Gasteiger partial charge in [-0.05, 0) is 54.5 Å². The summed E-state index contributed by atoms with van der Waals surface area (Å²) in [4.78, 5) is 0. The van der Waals surface area contributed by atoms with E-state index in [1.165, 1.54) is 5.56 Å². The highest BCUT2D eigenvalue weighted by Crippen LogP contribution is 2.30. The molecule has 0 aliphatic carbocycles. The number of hydrogen-bond acceptors (Lipinski definition) is 4. The van der Waals surface area contributed by atoms with E-state index in [2.05, 4.69) is 53.7 Å². The molecule has 0 spiro atoms. The fraction of sp³-hybridized carbons (Fsp3) is 0.278. The maximum atomic E-state index is 4.30. The van der Waals surface area contributed by atoms with Crippen LogP contribution in [0.15, 0.2) is 54.6 Å². The van der Waals surface area contributed by atoms with Crippen molar-refractivity contribution >= 4 is 5.69 Å². The summed E-state index contributed by atoms with van der Waals surface area (Å²) in [7, 11) is 0. The topological polar surface area (TPSA) is 55.6 Å². The molecule has 3 rings (SSSR count). The van der Waals surface area contributed by atoms with Gasteiger partial charge in [-0.3, -0.25) is 0 Å². The number of tetrazole rings is 1. The van der Waals surface area contributed by atoms with Crippen LogP contribution in [0.1, 0.15) is 31.7 Å². The highest BCUT2D eigenvalue weighted by atomic mass is 15.6. The summed E-state index contributed by atoms with van der Waals surface area (Å²) >= 11 is 0. The Morgan fingerprint density at radius 2 is 1.74 bits per heavy atom. The van der Waals surface area contributed by atoms with Gasteiger partial charge in [-0.15, -0.1) is 5.10 Å². The van der Waals surface area contributed by atoms with E-state index in [0.29, 0.717) is 0 Å². The number of rotatable bonds is 5. The standard InChI is InChI=1S/C18H21N5/c1-4-18(3,19-16-13-9-8-10-14(16)2)17-20-21-22-23(17)15-11-6-5-7-12-15/h5-13,19H,4H2,1-3H3/t18-/m0/s1. The molecule has 0 aliphatic rings. The molecule has 2 aromatic carbocycles. The maximum absolute atomic E-state index is 4.30. The molecule has 1 N–H and O–H groups in total. The Morgan fingerprint density at radius 1 is 1.04 bits per heavy atom. The number of anilines is 1. The molecular formula is C18H21N5. The average molecular weight is 307 g/mol. The number of aromatic nitrogens is 4. The summed E-state index contributed by atoms with van der Waals surface area (Å²) in [5.74, 6) is 0.800. The maximum Gasteiger partial charge on any atom is 0.181 e. The lowest BCUT2D eigenvalue weighted by Crippen LogP contribution is -2.34. The van der Waals surface area contributed by atoms with Crippen LogP contribution < -0.4 is 5.32 Å². The van der Waals surface area contributed by atoms with Gasteiger partial charge in [0, 0.05) is 5.69 Å². The highest BCUT2D eigenvalue weighted by Gasteiger charge is 2.31. The zero-order chi connectivity index (χ0) is 16.3. The number of nitrogens with zero attached hydrogens (tertiary/aromatic N) is 4. The lowest BCUT2D eigenvalue weighted by atomic mass is 9.96. The van der Waals surface area contributed by atoms with Crippen LogP contribution in [0.4, 0.5) is 5.69 Å². The lowest BCUT2D eigenvalue weighted by Gasteiger charge is -2.30. The van der Waals surface area contributed by atoms with Gasteiger partial charge in [0.25, 0.3) is 0 Å². The van der Waals surface area contributed by atoms with E-state index in [0.717, 1.165) is 23.6 Å². The van der Waals surface area contributed by atoms with E-state index in [1.807, 2.05) is 42.5 Å². The third kappa shape index (κ3) is 2.95. The second-order valence-corrected chi connectivity index (χ2v) is 5.88. The second kappa shape index (κ2) is 6.20. The normalized spacial score (nSPS) is 13.5. The number of hydrogen-bond donors (Lipinski definition) is 1. The molecule has 0 unspecified atom stereocenters. The van der Waals surface area contributed by atoms with Crippen molar-refractivity contribution in [3.8, 4) is 5.69 Å². The number of benzene rings is 2.